The summed E-state index contributed by atoms with van der Waals surface area (Å²) in [7, 11) is 4.34. The molecule has 0 atom stereocenters. The van der Waals surface area contributed by atoms with Crippen molar-refractivity contribution in [2.24, 2.45) is 5.92 Å². The van der Waals surface area contributed by atoms with E-state index in [2.05, 4.69) is 35.4 Å². The molecule has 0 saturated heterocycles. The minimum absolute atomic E-state index is 0.761. The third kappa shape index (κ3) is 4.92. The standard InChI is InChI=1S/C16H27N3/c1-17-16-7-5-15(6-8-16)13-19(2)11-9-14-4-3-10-18-12-14/h3-4,10,12,15-17H,5-9,11,13H2,1-2H3. The van der Waals surface area contributed by atoms with Gasteiger partial charge in [-0.1, -0.05) is 6.07 Å². The second-order valence-electron chi connectivity index (χ2n) is 5.88. The number of rotatable bonds is 6. The Hall–Kier alpha value is -0.930. The van der Waals surface area contributed by atoms with Gasteiger partial charge in [0.15, 0.2) is 0 Å². The van der Waals surface area contributed by atoms with Crippen LogP contribution in [0.4, 0.5) is 0 Å². The molecule has 0 spiro atoms. The summed E-state index contributed by atoms with van der Waals surface area (Å²) in [6.07, 6.45) is 10.4. The molecule has 0 aliphatic heterocycles. The third-order valence-electron chi connectivity index (χ3n) is 4.33. The quantitative estimate of drug-likeness (QED) is 0.852. The summed E-state index contributed by atoms with van der Waals surface area (Å²) < 4.78 is 0. The number of nitrogens with zero attached hydrogens (tertiary/aromatic N) is 2. The molecule has 1 aliphatic carbocycles. The molecular formula is C16H27N3. The molecule has 0 unspecified atom stereocenters. The first-order valence-electron chi connectivity index (χ1n) is 7.52. The molecule has 1 fully saturated rings. The predicted molar refractivity (Wildman–Crippen MR) is 80.2 cm³/mol. The van der Waals surface area contributed by atoms with E-state index in [0.29, 0.717) is 0 Å². The molecule has 1 aromatic heterocycles. The molecule has 1 aliphatic rings. The van der Waals surface area contributed by atoms with Crippen molar-refractivity contribution in [3.8, 4) is 0 Å². The Morgan fingerprint density at radius 1 is 1.32 bits per heavy atom. The average molecular weight is 261 g/mol. The largest absolute Gasteiger partial charge is 0.317 e. The van der Waals surface area contributed by atoms with Crippen LogP contribution in [0.5, 0.6) is 0 Å². The summed E-state index contributed by atoms with van der Waals surface area (Å²) in [6, 6.07) is 4.95. The summed E-state index contributed by atoms with van der Waals surface area (Å²) in [5.41, 5.74) is 1.34. The van der Waals surface area contributed by atoms with E-state index in [1.54, 1.807) is 0 Å². The lowest BCUT2D eigenvalue weighted by molar-refractivity contribution is 0.217. The molecule has 19 heavy (non-hydrogen) atoms. The van der Waals surface area contributed by atoms with Crippen LogP contribution in [0.25, 0.3) is 0 Å². The Balaban J connectivity index is 1.66. The summed E-state index contributed by atoms with van der Waals surface area (Å²) in [5.74, 6) is 0.892. The van der Waals surface area contributed by atoms with Crippen molar-refractivity contribution in [1.29, 1.82) is 0 Å². The summed E-state index contributed by atoms with van der Waals surface area (Å²) >= 11 is 0. The van der Waals surface area contributed by atoms with Crippen molar-refractivity contribution < 1.29 is 0 Å². The Labute approximate surface area is 117 Å². The van der Waals surface area contributed by atoms with Gasteiger partial charge in [0.2, 0.25) is 0 Å². The lowest BCUT2D eigenvalue weighted by Crippen LogP contribution is -2.35. The average Bonchev–Trinajstić information content (AvgIpc) is 2.47. The Morgan fingerprint density at radius 3 is 2.74 bits per heavy atom. The fourth-order valence-electron chi connectivity index (χ4n) is 3.03. The topological polar surface area (TPSA) is 28.2 Å². The minimum Gasteiger partial charge on any atom is -0.317 e. The fourth-order valence-corrected chi connectivity index (χ4v) is 3.03. The zero-order valence-corrected chi connectivity index (χ0v) is 12.3. The minimum atomic E-state index is 0.761. The van der Waals surface area contributed by atoms with Gasteiger partial charge in [-0.25, -0.2) is 0 Å². The molecule has 2 rings (SSSR count). The summed E-state index contributed by atoms with van der Waals surface area (Å²) in [5, 5.41) is 3.40. The van der Waals surface area contributed by atoms with Gasteiger partial charge in [-0.3, -0.25) is 4.98 Å². The van der Waals surface area contributed by atoms with E-state index in [0.717, 1.165) is 24.9 Å². The lowest BCUT2D eigenvalue weighted by atomic mass is 9.86. The highest BCUT2D eigenvalue weighted by Crippen LogP contribution is 2.24. The van der Waals surface area contributed by atoms with E-state index in [9.17, 15) is 0 Å². The van der Waals surface area contributed by atoms with Crippen LogP contribution >= 0.6 is 0 Å². The molecular weight excluding hydrogens is 234 g/mol. The van der Waals surface area contributed by atoms with Crippen LogP contribution in [0.15, 0.2) is 24.5 Å². The molecule has 0 radical (unpaired) electrons. The normalized spacial score (nSPS) is 23.7. The molecule has 1 heterocycles. The molecule has 106 valence electrons. The maximum Gasteiger partial charge on any atom is 0.0300 e. The van der Waals surface area contributed by atoms with E-state index in [4.69, 9.17) is 0 Å². The van der Waals surface area contributed by atoms with Crippen LogP contribution in [-0.4, -0.2) is 43.1 Å². The van der Waals surface area contributed by atoms with Crippen molar-refractivity contribution in [3.05, 3.63) is 30.1 Å². The maximum atomic E-state index is 4.17. The molecule has 1 saturated carbocycles. The van der Waals surface area contributed by atoms with Crippen LogP contribution in [0, 0.1) is 5.92 Å². The van der Waals surface area contributed by atoms with Crippen LogP contribution in [0.1, 0.15) is 31.2 Å². The first-order chi connectivity index (χ1) is 9.28. The van der Waals surface area contributed by atoms with E-state index in [1.807, 2.05) is 18.5 Å². The first kappa shape index (κ1) is 14.5. The number of nitrogens with one attached hydrogen (secondary N) is 1. The van der Waals surface area contributed by atoms with E-state index in [-0.39, 0.29) is 0 Å². The highest BCUT2D eigenvalue weighted by molar-refractivity contribution is 5.08. The van der Waals surface area contributed by atoms with Gasteiger partial charge in [-0.05, 0) is 63.7 Å². The van der Waals surface area contributed by atoms with E-state index in [1.165, 1.54) is 37.8 Å². The molecule has 0 amide bonds. The second kappa shape index (κ2) is 7.61. The molecule has 1 N–H and O–H groups in total. The Morgan fingerprint density at radius 2 is 2.11 bits per heavy atom. The van der Waals surface area contributed by atoms with Gasteiger partial charge in [0.1, 0.15) is 0 Å². The van der Waals surface area contributed by atoms with E-state index >= 15 is 0 Å². The number of aromatic nitrogens is 1. The van der Waals surface area contributed by atoms with Crippen LogP contribution in [0.2, 0.25) is 0 Å². The zero-order chi connectivity index (χ0) is 13.5. The van der Waals surface area contributed by atoms with Crippen molar-refractivity contribution in [3.63, 3.8) is 0 Å². The molecule has 0 bridgehead atoms. The Bertz CT molecular complexity index is 344. The van der Waals surface area contributed by atoms with Gasteiger partial charge in [0.05, 0.1) is 0 Å². The van der Waals surface area contributed by atoms with E-state index < -0.39 is 0 Å². The van der Waals surface area contributed by atoms with Crippen LogP contribution in [-0.2, 0) is 6.42 Å². The van der Waals surface area contributed by atoms with Gasteiger partial charge in [0.25, 0.3) is 0 Å². The van der Waals surface area contributed by atoms with Crippen molar-refractivity contribution in [2.45, 2.75) is 38.1 Å². The molecule has 3 heteroatoms. The summed E-state index contributed by atoms with van der Waals surface area (Å²) in [6.45, 7) is 2.38. The maximum absolute atomic E-state index is 4.17. The highest BCUT2D eigenvalue weighted by Gasteiger charge is 2.20. The monoisotopic (exact) mass is 261 g/mol. The third-order valence-corrected chi connectivity index (χ3v) is 4.33. The first-order valence-corrected chi connectivity index (χ1v) is 7.52. The van der Waals surface area contributed by atoms with Crippen molar-refractivity contribution >= 4 is 0 Å². The lowest BCUT2D eigenvalue weighted by Gasteiger charge is -2.31. The summed E-state index contributed by atoms with van der Waals surface area (Å²) in [4.78, 5) is 6.65. The number of likely N-dealkylation sites (N-methyl/N-ethyl adjacent to an activating group) is 1. The van der Waals surface area contributed by atoms with Crippen molar-refractivity contribution in [2.75, 3.05) is 27.2 Å². The van der Waals surface area contributed by atoms with Crippen LogP contribution < -0.4 is 5.32 Å². The van der Waals surface area contributed by atoms with Gasteiger partial charge in [-0.15, -0.1) is 0 Å². The molecule has 0 aromatic carbocycles. The highest BCUT2D eigenvalue weighted by atomic mass is 15.1. The molecule has 1 aromatic rings. The van der Waals surface area contributed by atoms with Gasteiger partial charge < -0.3 is 10.2 Å². The Kier molecular flexibility index (Phi) is 5.80. The second-order valence-corrected chi connectivity index (χ2v) is 5.88. The van der Waals surface area contributed by atoms with Gasteiger partial charge in [0, 0.05) is 31.5 Å². The smallest absolute Gasteiger partial charge is 0.0300 e. The van der Waals surface area contributed by atoms with Gasteiger partial charge >= 0.3 is 0 Å². The number of hydrogen-bond acceptors (Lipinski definition) is 3. The number of pyridine rings is 1. The van der Waals surface area contributed by atoms with Gasteiger partial charge in [-0.2, -0.15) is 0 Å². The van der Waals surface area contributed by atoms with Crippen molar-refractivity contribution in [1.82, 2.24) is 15.2 Å². The zero-order valence-electron chi connectivity index (χ0n) is 12.3. The fraction of sp³-hybridized carbons (Fsp3) is 0.688. The predicted octanol–water partition coefficient (Wildman–Crippen LogP) is 2.33. The number of hydrogen-bond donors (Lipinski definition) is 1. The molecule has 3 nitrogen and oxygen atoms in total. The van der Waals surface area contributed by atoms with Crippen LogP contribution in [0.3, 0.4) is 0 Å². The SMILES string of the molecule is CNC1CCC(CN(C)CCc2cccnc2)CC1.